The van der Waals surface area contributed by atoms with Crippen molar-refractivity contribution in [1.82, 2.24) is 10.2 Å². The lowest BCUT2D eigenvalue weighted by atomic mass is 9.90. The molecule has 3 nitrogen and oxygen atoms in total. The SMILES string of the molecule is CNCCC1CCCCN1C(=O)CC(C)(C)C. The second-order valence-corrected chi connectivity index (χ2v) is 6.37. The van der Waals surface area contributed by atoms with Crippen LogP contribution in [0.5, 0.6) is 0 Å². The van der Waals surface area contributed by atoms with E-state index < -0.39 is 0 Å². The lowest BCUT2D eigenvalue weighted by molar-refractivity contribution is -0.136. The molecule has 1 N–H and O–H groups in total. The van der Waals surface area contributed by atoms with Crippen LogP contribution >= 0.6 is 0 Å². The van der Waals surface area contributed by atoms with Gasteiger partial charge in [0.25, 0.3) is 0 Å². The first-order chi connectivity index (χ1) is 7.94. The smallest absolute Gasteiger partial charge is 0.223 e. The van der Waals surface area contributed by atoms with Crippen LogP contribution in [0.25, 0.3) is 0 Å². The minimum Gasteiger partial charge on any atom is -0.340 e. The third-order valence-corrected chi connectivity index (χ3v) is 3.36. The summed E-state index contributed by atoms with van der Waals surface area (Å²) >= 11 is 0. The minimum absolute atomic E-state index is 0.0993. The second-order valence-electron chi connectivity index (χ2n) is 6.37. The Labute approximate surface area is 106 Å². The van der Waals surface area contributed by atoms with Crippen LogP contribution in [0.2, 0.25) is 0 Å². The lowest BCUT2D eigenvalue weighted by Gasteiger charge is -2.37. The van der Waals surface area contributed by atoms with Crippen molar-refractivity contribution < 1.29 is 4.79 Å². The summed E-state index contributed by atoms with van der Waals surface area (Å²) in [6.07, 6.45) is 5.38. The molecule has 3 heteroatoms. The van der Waals surface area contributed by atoms with Gasteiger partial charge < -0.3 is 10.2 Å². The molecule has 1 saturated heterocycles. The highest BCUT2D eigenvalue weighted by Crippen LogP contribution is 2.25. The Morgan fingerprint density at radius 2 is 2.06 bits per heavy atom. The highest BCUT2D eigenvalue weighted by molar-refractivity contribution is 5.77. The predicted octanol–water partition coefficient (Wildman–Crippen LogP) is 2.41. The molecule has 0 aromatic heterocycles. The van der Waals surface area contributed by atoms with Crippen molar-refractivity contribution in [3.8, 4) is 0 Å². The van der Waals surface area contributed by atoms with Gasteiger partial charge in [0, 0.05) is 19.0 Å². The number of nitrogens with zero attached hydrogens (tertiary/aromatic N) is 1. The van der Waals surface area contributed by atoms with Gasteiger partial charge in [0.1, 0.15) is 0 Å². The van der Waals surface area contributed by atoms with Crippen molar-refractivity contribution in [2.24, 2.45) is 5.41 Å². The van der Waals surface area contributed by atoms with Gasteiger partial charge in [0.05, 0.1) is 0 Å². The molecule has 0 aliphatic carbocycles. The van der Waals surface area contributed by atoms with Crippen molar-refractivity contribution in [2.75, 3.05) is 20.1 Å². The fourth-order valence-electron chi connectivity index (χ4n) is 2.50. The summed E-state index contributed by atoms with van der Waals surface area (Å²) in [6.45, 7) is 8.37. The maximum absolute atomic E-state index is 12.3. The zero-order valence-electron chi connectivity index (χ0n) is 11.9. The first-order valence-electron chi connectivity index (χ1n) is 6.88. The van der Waals surface area contributed by atoms with Crippen LogP contribution in [0, 0.1) is 5.41 Å². The van der Waals surface area contributed by atoms with Crippen molar-refractivity contribution in [3.05, 3.63) is 0 Å². The molecule has 0 bridgehead atoms. The van der Waals surface area contributed by atoms with E-state index in [0.29, 0.717) is 18.4 Å². The number of amides is 1. The van der Waals surface area contributed by atoms with E-state index in [-0.39, 0.29) is 5.41 Å². The van der Waals surface area contributed by atoms with Crippen LogP contribution in [0.4, 0.5) is 0 Å². The van der Waals surface area contributed by atoms with Crippen molar-refractivity contribution in [3.63, 3.8) is 0 Å². The van der Waals surface area contributed by atoms with E-state index in [1.807, 2.05) is 7.05 Å². The molecule has 0 spiro atoms. The van der Waals surface area contributed by atoms with Crippen LogP contribution in [-0.2, 0) is 4.79 Å². The van der Waals surface area contributed by atoms with E-state index in [9.17, 15) is 4.79 Å². The average molecular weight is 240 g/mol. The molecule has 1 unspecified atom stereocenters. The normalized spacial score (nSPS) is 21.6. The summed E-state index contributed by atoms with van der Waals surface area (Å²) in [5.41, 5.74) is 0.0993. The number of hydrogen-bond donors (Lipinski definition) is 1. The summed E-state index contributed by atoms with van der Waals surface area (Å²) in [7, 11) is 1.98. The van der Waals surface area contributed by atoms with E-state index in [0.717, 1.165) is 19.5 Å². The molecule has 1 atom stereocenters. The number of hydrogen-bond acceptors (Lipinski definition) is 2. The number of rotatable bonds is 4. The third-order valence-electron chi connectivity index (χ3n) is 3.36. The summed E-state index contributed by atoms with van der Waals surface area (Å²) < 4.78 is 0. The topological polar surface area (TPSA) is 32.3 Å². The monoisotopic (exact) mass is 240 g/mol. The Morgan fingerprint density at radius 3 is 2.65 bits per heavy atom. The van der Waals surface area contributed by atoms with Crippen molar-refractivity contribution >= 4 is 5.91 Å². The fraction of sp³-hybridized carbons (Fsp3) is 0.929. The van der Waals surface area contributed by atoms with E-state index in [1.165, 1.54) is 19.3 Å². The van der Waals surface area contributed by atoms with Crippen LogP contribution in [0.3, 0.4) is 0 Å². The maximum atomic E-state index is 12.3. The molecule has 0 saturated carbocycles. The number of carbonyl (C=O) groups excluding carboxylic acids is 1. The highest BCUT2D eigenvalue weighted by atomic mass is 16.2. The Kier molecular flexibility index (Phi) is 5.44. The predicted molar refractivity (Wildman–Crippen MR) is 72.0 cm³/mol. The van der Waals surface area contributed by atoms with Crippen molar-refractivity contribution in [2.45, 2.75) is 58.9 Å². The van der Waals surface area contributed by atoms with Gasteiger partial charge in [-0.15, -0.1) is 0 Å². The van der Waals surface area contributed by atoms with E-state index in [1.54, 1.807) is 0 Å². The van der Waals surface area contributed by atoms with Crippen molar-refractivity contribution in [1.29, 1.82) is 0 Å². The first kappa shape index (κ1) is 14.5. The van der Waals surface area contributed by atoms with Gasteiger partial charge in [0.15, 0.2) is 0 Å². The summed E-state index contributed by atoms with van der Waals surface area (Å²) in [5.74, 6) is 0.346. The van der Waals surface area contributed by atoms with E-state index in [4.69, 9.17) is 0 Å². The van der Waals surface area contributed by atoms with Gasteiger partial charge in [-0.2, -0.15) is 0 Å². The largest absolute Gasteiger partial charge is 0.340 e. The number of likely N-dealkylation sites (tertiary alicyclic amines) is 1. The molecule has 1 fully saturated rings. The van der Waals surface area contributed by atoms with Gasteiger partial charge in [-0.25, -0.2) is 0 Å². The van der Waals surface area contributed by atoms with Gasteiger partial charge in [-0.05, 0) is 44.7 Å². The van der Waals surface area contributed by atoms with Crippen LogP contribution < -0.4 is 5.32 Å². The molecule has 0 aromatic rings. The van der Waals surface area contributed by atoms with E-state index >= 15 is 0 Å². The van der Waals surface area contributed by atoms with Gasteiger partial charge in [0.2, 0.25) is 5.91 Å². The van der Waals surface area contributed by atoms with Gasteiger partial charge in [-0.3, -0.25) is 4.79 Å². The molecule has 1 amide bonds. The molecule has 100 valence electrons. The Hall–Kier alpha value is -0.570. The first-order valence-corrected chi connectivity index (χ1v) is 6.88. The van der Waals surface area contributed by atoms with Crippen LogP contribution in [-0.4, -0.2) is 37.0 Å². The Balaban J connectivity index is 2.54. The molecular weight excluding hydrogens is 212 g/mol. The molecule has 0 radical (unpaired) electrons. The molecular formula is C14H28N2O. The molecule has 1 heterocycles. The molecule has 0 aromatic carbocycles. The standard InChI is InChI=1S/C14H28N2O/c1-14(2,3)11-13(17)16-10-6-5-7-12(16)8-9-15-4/h12,15H,5-11H2,1-4H3. The average Bonchev–Trinajstić information content (AvgIpc) is 2.24. The molecule has 1 rings (SSSR count). The van der Waals surface area contributed by atoms with Crippen LogP contribution in [0.15, 0.2) is 0 Å². The minimum atomic E-state index is 0.0993. The highest BCUT2D eigenvalue weighted by Gasteiger charge is 2.28. The second kappa shape index (κ2) is 6.39. The zero-order valence-corrected chi connectivity index (χ0v) is 11.9. The van der Waals surface area contributed by atoms with Crippen LogP contribution in [0.1, 0.15) is 52.9 Å². The Bertz CT molecular complexity index is 245. The quantitative estimate of drug-likeness (QED) is 0.818. The summed E-state index contributed by atoms with van der Waals surface area (Å²) in [6, 6.07) is 0.464. The Morgan fingerprint density at radius 1 is 1.35 bits per heavy atom. The maximum Gasteiger partial charge on any atom is 0.223 e. The zero-order chi connectivity index (χ0) is 12.9. The van der Waals surface area contributed by atoms with E-state index in [2.05, 4.69) is 31.0 Å². The summed E-state index contributed by atoms with van der Waals surface area (Å²) in [5, 5.41) is 3.18. The molecule has 1 aliphatic rings. The van der Waals surface area contributed by atoms with Gasteiger partial charge >= 0.3 is 0 Å². The lowest BCUT2D eigenvalue weighted by Crippen LogP contribution is -2.45. The summed E-state index contributed by atoms with van der Waals surface area (Å²) in [4.78, 5) is 14.4. The number of nitrogens with one attached hydrogen (secondary N) is 1. The number of piperidine rings is 1. The number of carbonyl (C=O) groups is 1. The fourth-order valence-corrected chi connectivity index (χ4v) is 2.50. The molecule has 1 aliphatic heterocycles. The van der Waals surface area contributed by atoms with Gasteiger partial charge in [-0.1, -0.05) is 20.8 Å². The third kappa shape index (κ3) is 5.07. The molecule has 17 heavy (non-hydrogen) atoms.